The van der Waals surface area contributed by atoms with Crippen LogP contribution in [0, 0.1) is 5.82 Å². The third-order valence-corrected chi connectivity index (χ3v) is 2.89. The van der Waals surface area contributed by atoms with Gasteiger partial charge in [0, 0.05) is 6.20 Å². The molecular formula is C7H8FN3O2S2. The second-order valence-electron chi connectivity index (χ2n) is 2.58. The molecule has 3 N–H and O–H groups in total. The van der Waals surface area contributed by atoms with E-state index in [0.717, 1.165) is 6.07 Å². The predicted molar refractivity (Wildman–Crippen MR) is 56.2 cm³/mol. The van der Waals surface area contributed by atoms with E-state index in [1.165, 1.54) is 12.3 Å². The Bertz CT molecular complexity index is 475. The van der Waals surface area contributed by atoms with Crippen molar-refractivity contribution in [2.75, 3.05) is 6.54 Å². The molecule has 0 unspecified atom stereocenters. The van der Waals surface area contributed by atoms with Crippen molar-refractivity contribution in [3.63, 3.8) is 0 Å². The van der Waals surface area contributed by atoms with E-state index in [9.17, 15) is 12.8 Å². The van der Waals surface area contributed by atoms with Crippen molar-refractivity contribution in [2.24, 2.45) is 5.73 Å². The highest BCUT2D eigenvalue weighted by atomic mass is 32.2. The van der Waals surface area contributed by atoms with E-state index < -0.39 is 20.9 Å². The molecule has 1 heterocycles. The van der Waals surface area contributed by atoms with Gasteiger partial charge in [-0.15, -0.1) is 0 Å². The Hall–Kier alpha value is -1.12. The van der Waals surface area contributed by atoms with Crippen LogP contribution in [0.25, 0.3) is 0 Å². The number of nitrogens with two attached hydrogens (primary N) is 1. The summed E-state index contributed by atoms with van der Waals surface area (Å²) in [6, 6.07) is 2.30. The first-order chi connectivity index (χ1) is 6.93. The topological polar surface area (TPSA) is 85.1 Å². The maximum Gasteiger partial charge on any atom is 0.261 e. The third kappa shape index (κ3) is 3.18. The van der Waals surface area contributed by atoms with Crippen molar-refractivity contribution >= 4 is 27.2 Å². The molecule has 0 bridgehead atoms. The number of sulfonamides is 1. The molecular weight excluding hydrogens is 241 g/mol. The monoisotopic (exact) mass is 249 g/mol. The summed E-state index contributed by atoms with van der Waals surface area (Å²) in [6.45, 7) is -0.228. The molecule has 1 aromatic heterocycles. The SMILES string of the molecule is NC(=S)CNS(=O)(=O)c1ncccc1F. The summed E-state index contributed by atoms with van der Waals surface area (Å²) in [7, 11) is -3.99. The summed E-state index contributed by atoms with van der Waals surface area (Å²) >= 11 is 4.48. The quantitative estimate of drug-likeness (QED) is 0.721. The minimum Gasteiger partial charge on any atom is -0.392 e. The Morgan fingerprint density at radius 3 is 2.87 bits per heavy atom. The Morgan fingerprint density at radius 1 is 1.67 bits per heavy atom. The number of hydrogen-bond acceptors (Lipinski definition) is 4. The van der Waals surface area contributed by atoms with Gasteiger partial charge >= 0.3 is 0 Å². The second-order valence-corrected chi connectivity index (χ2v) is 4.79. The molecule has 0 amide bonds. The first-order valence-electron chi connectivity index (χ1n) is 3.82. The van der Waals surface area contributed by atoms with Crippen molar-refractivity contribution in [1.29, 1.82) is 0 Å². The van der Waals surface area contributed by atoms with Crippen molar-refractivity contribution in [3.8, 4) is 0 Å². The van der Waals surface area contributed by atoms with Gasteiger partial charge in [-0.25, -0.2) is 22.5 Å². The second kappa shape index (κ2) is 4.60. The smallest absolute Gasteiger partial charge is 0.261 e. The van der Waals surface area contributed by atoms with Crippen molar-refractivity contribution in [1.82, 2.24) is 9.71 Å². The number of hydrogen-bond donors (Lipinski definition) is 2. The number of pyridine rings is 1. The Morgan fingerprint density at radius 2 is 2.33 bits per heavy atom. The zero-order valence-corrected chi connectivity index (χ0v) is 9.11. The minimum absolute atomic E-state index is 0.0325. The molecule has 0 atom stereocenters. The first kappa shape index (κ1) is 12.0. The lowest BCUT2D eigenvalue weighted by Crippen LogP contribution is -2.33. The van der Waals surface area contributed by atoms with Crippen LogP contribution < -0.4 is 10.5 Å². The fraction of sp³-hybridized carbons (Fsp3) is 0.143. The van der Waals surface area contributed by atoms with Gasteiger partial charge < -0.3 is 5.73 Å². The molecule has 0 aliphatic carbocycles. The molecule has 0 saturated heterocycles. The molecule has 1 aromatic rings. The summed E-state index contributed by atoms with van der Waals surface area (Å²) in [5.41, 5.74) is 5.11. The largest absolute Gasteiger partial charge is 0.392 e. The van der Waals surface area contributed by atoms with E-state index in [2.05, 4.69) is 17.2 Å². The number of halogens is 1. The molecule has 5 nitrogen and oxygen atoms in total. The standard InChI is InChI=1S/C7H8FN3O2S2/c8-5-2-1-3-10-7(5)15(12,13)11-4-6(9)14/h1-3,11H,4H2,(H2,9,14). The number of thiocarbonyl (C=S) groups is 1. The third-order valence-electron chi connectivity index (χ3n) is 1.42. The van der Waals surface area contributed by atoms with Crippen LogP contribution in [0.3, 0.4) is 0 Å². The van der Waals surface area contributed by atoms with E-state index >= 15 is 0 Å². The van der Waals surface area contributed by atoms with E-state index in [1.807, 2.05) is 4.72 Å². The van der Waals surface area contributed by atoms with Gasteiger partial charge in [0.25, 0.3) is 10.0 Å². The van der Waals surface area contributed by atoms with Crippen LogP contribution in [0.4, 0.5) is 4.39 Å². The fourth-order valence-corrected chi connectivity index (χ4v) is 1.97. The van der Waals surface area contributed by atoms with Crippen molar-refractivity contribution < 1.29 is 12.8 Å². The zero-order chi connectivity index (χ0) is 11.5. The van der Waals surface area contributed by atoms with Gasteiger partial charge in [0.05, 0.1) is 11.5 Å². The van der Waals surface area contributed by atoms with Crippen LogP contribution in [0.2, 0.25) is 0 Å². The number of nitrogens with one attached hydrogen (secondary N) is 1. The zero-order valence-electron chi connectivity index (χ0n) is 7.47. The van der Waals surface area contributed by atoms with Crippen LogP contribution in [0.1, 0.15) is 0 Å². The molecule has 0 fully saturated rings. The average molecular weight is 249 g/mol. The lowest BCUT2D eigenvalue weighted by molar-refractivity contribution is 0.547. The van der Waals surface area contributed by atoms with E-state index in [0.29, 0.717) is 0 Å². The van der Waals surface area contributed by atoms with E-state index in [1.54, 1.807) is 0 Å². The van der Waals surface area contributed by atoms with Gasteiger partial charge in [-0.1, -0.05) is 12.2 Å². The molecule has 8 heteroatoms. The maximum atomic E-state index is 13.1. The van der Waals surface area contributed by atoms with Crippen LogP contribution in [-0.4, -0.2) is 24.9 Å². The van der Waals surface area contributed by atoms with Crippen LogP contribution in [-0.2, 0) is 10.0 Å². The molecule has 15 heavy (non-hydrogen) atoms. The van der Waals surface area contributed by atoms with Gasteiger partial charge in [-0.2, -0.15) is 0 Å². The van der Waals surface area contributed by atoms with Crippen LogP contribution in [0.5, 0.6) is 0 Å². The minimum atomic E-state index is -3.99. The highest BCUT2D eigenvalue weighted by Gasteiger charge is 2.19. The van der Waals surface area contributed by atoms with Gasteiger partial charge in [-0.05, 0) is 12.1 Å². The summed E-state index contributed by atoms with van der Waals surface area (Å²) in [4.78, 5) is 3.39. The normalized spacial score (nSPS) is 11.3. The first-order valence-corrected chi connectivity index (χ1v) is 5.71. The summed E-state index contributed by atoms with van der Waals surface area (Å²) in [5, 5.41) is -0.666. The number of rotatable bonds is 4. The van der Waals surface area contributed by atoms with Gasteiger partial charge in [-0.3, -0.25) is 0 Å². The number of aromatic nitrogens is 1. The Kier molecular flexibility index (Phi) is 3.66. The summed E-state index contributed by atoms with van der Waals surface area (Å²) in [6.07, 6.45) is 1.18. The molecule has 0 radical (unpaired) electrons. The van der Waals surface area contributed by atoms with Crippen LogP contribution in [0.15, 0.2) is 23.4 Å². The molecule has 82 valence electrons. The van der Waals surface area contributed by atoms with E-state index in [4.69, 9.17) is 5.73 Å². The summed E-state index contributed by atoms with van der Waals surface area (Å²) < 4.78 is 37.9. The lowest BCUT2D eigenvalue weighted by Gasteiger charge is -2.04. The Labute approximate surface area is 91.6 Å². The molecule has 0 aromatic carbocycles. The predicted octanol–water partition coefficient (Wildman–Crippen LogP) is -0.215. The highest BCUT2D eigenvalue weighted by Crippen LogP contribution is 2.08. The molecule has 0 saturated carbocycles. The Balaban J connectivity index is 2.97. The van der Waals surface area contributed by atoms with E-state index in [-0.39, 0.29) is 11.5 Å². The van der Waals surface area contributed by atoms with Gasteiger partial charge in [0.1, 0.15) is 0 Å². The molecule has 1 rings (SSSR count). The maximum absolute atomic E-state index is 13.1. The lowest BCUT2D eigenvalue weighted by atomic mass is 10.5. The van der Waals surface area contributed by atoms with Gasteiger partial charge in [0.15, 0.2) is 5.82 Å². The molecule has 0 aliphatic rings. The fourth-order valence-electron chi connectivity index (χ4n) is 0.803. The summed E-state index contributed by atoms with van der Waals surface area (Å²) in [5.74, 6) is -0.923. The highest BCUT2D eigenvalue weighted by molar-refractivity contribution is 7.89. The number of nitrogens with zero attached hydrogens (tertiary/aromatic N) is 1. The van der Waals surface area contributed by atoms with Gasteiger partial charge in [0.2, 0.25) is 5.03 Å². The average Bonchev–Trinajstić information content (AvgIpc) is 2.15. The molecule has 0 aliphatic heterocycles. The molecule has 0 spiro atoms. The van der Waals surface area contributed by atoms with Crippen molar-refractivity contribution in [2.45, 2.75) is 5.03 Å². The van der Waals surface area contributed by atoms with Crippen molar-refractivity contribution in [3.05, 3.63) is 24.1 Å². The van der Waals surface area contributed by atoms with Crippen LogP contribution >= 0.6 is 12.2 Å².